The summed E-state index contributed by atoms with van der Waals surface area (Å²) in [6.45, 7) is 0. The normalized spacial score (nSPS) is 18.6. The molecule has 1 N–H and O–H groups in total. The molecule has 2 aromatic rings. The Kier molecular flexibility index (Phi) is 3.41. The molecule has 1 unspecified atom stereocenters. The van der Waals surface area contributed by atoms with Gasteiger partial charge in [0.25, 0.3) is 0 Å². The van der Waals surface area contributed by atoms with Crippen LogP contribution >= 0.6 is 11.3 Å². The molecule has 0 aromatic carbocycles. The van der Waals surface area contributed by atoms with Gasteiger partial charge in [0.05, 0.1) is 17.9 Å². The topological polar surface area (TPSA) is 24.9 Å². The van der Waals surface area contributed by atoms with Crippen molar-refractivity contribution < 1.29 is 13.2 Å². The van der Waals surface area contributed by atoms with Crippen LogP contribution in [-0.4, -0.2) is 4.98 Å². The van der Waals surface area contributed by atoms with Gasteiger partial charge in [0.15, 0.2) is 0 Å². The van der Waals surface area contributed by atoms with E-state index in [1.54, 1.807) is 11.3 Å². The minimum Gasteiger partial charge on any atom is -0.377 e. The number of hydrogen-bond donors (Lipinski definition) is 1. The molecule has 3 rings (SSSR count). The largest absolute Gasteiger partial charge is 0.433 e. The lowest BCUT2D eigenvalue weighted by Crippen LogP contribution is -2.16. The molecule has 1 aliphatic carbocycles. The maximum Gasteiger partial charge on any atom is 0.433 e. The maximum absolute atomic E-state index is 12.5. The average molecular weight is 298 g/mol. The summed E-state index contributed by atoms with van der Waals surface area (Å²) in [6, 6.07) is 4.72. The van der Waals surface area contributed by atoms with E-state index < -0.39 is 11.9 Å². The number of nitrogens with zero attached hydrogens (tertiary/aromatic N) is 1. The lowest BCUT2D eigenvalue weighted by molar-refractivity contribution is -0.141. The van der Waals surface area contributed by atoms with E-state index >= 15 is 0 Å². The number of pyridine rings is 1. The van der Waals surface area contributed by atoms with Gasteiger partial charge in [0.2, 0.25) is 0 Å². The molecule has 0 saturated carbocycles. The number of thiophene rings is 1. The third-order valence-electron chi connectivity index (χ3n) is 3.45. The van der Waals surface area contributed by atoms with E-state index in [1.807, 2.05) is 0 Å². The van der Waals surface area contributed by atoms with Gasteiger partial charge in [0, 0.05) is 4.88 Å². The van der Waals surface area contributed by atoms with Crippen LogP contribution in [0.3, 0.4) is 0 Å². The highest BCUT2D eigenvalue weighted by Crippen LogP contribution is 2.35. The summed E-state index contributed by atoms with van der Waals surface area (Å²) in [5.74, 6) is 0. The fourth-order valence-electron chi connectivity index (χ4n) is 2.48. The smallest absolute Gasteiger partial charge is 0.377 e. The van der Waals surface area contributed by atoms with Crippen LogP contribution in [0.4, 0.5) is 18.9 Å². The third kappa shape index (κ3) is 2.65. The van der Waals surface area contributed by atoms with Gasteiger partial charge < -0.3 is 5.32 Å². The van der Waals surface area contributed by atoms with Crippen molar-refractivity contribution in [1.29, 1.82) is 0 Å². The Balaban J connectivity index is 1.77. The molecule has 0 aliphatic heterocycles. The summed E-state index contributed by atoms with van der Waals surface area (Å²) in [5.41, 5.74) is 1.03. The number of alkyl halides is 3. The number of aromatic nitrogens is 1. The molecule has 0 radical (unpaired) electrons. The van der Waals surface area contributed by atoms with Crippen LogP contribution in [0.1, 0.15) is 35.0 Å². The Bertz CT molecular complexity index is 589. The Morgan fingerprint density at radius 3 is 2.80 bits per heavy atom. The van der Waals surface area contributed by atoms with Gasteiger partial charge in [-0.15, -0.1) is 11.3 Å². The first-order chi connectivity index (χ1) is 9.54. The SMILES string of the molecule is FC(F)(F)c1ccc(NC2CCCc3sccc32)cn1. The fraction of sp³-hybridized carbons (Fsp3) is 0.357. The van der Waals surface area contributed by atoms with Crippen LogP contribution in [0, 0.1) is 0 Å². The highest BCUT2D eigenvalue weighted by atomic mass is 32.1. The quantitative estimate of drug-likeness (QED) is 0.873. The van der Waals surface area contributed by atoms with Gasteiger partial charge in [-0.05, 0) is 48.4 Å². The Morgan fingerprint density at radius 1 is 1.25 bits per heavy atom. The van der Waals surface area contributed by atoms with Gasteiger partial charge in [0.1, 0.15) is 5.69 Å². The average Bonchev–Trinajstić information content (AvgIpc) is 2.88. The second kappa shape index (κ2) is 5.09. The Labute approximate surface area is 118 Å². The maximum atomic E-state index is 12.5. The number of hydrogen-bond acceptors (Lipinski definition) is 3. The van der Waals surface area contributed by atoms with Crippen molar-refractivity contribution in [3.05, 3.63) is 45.9 Å². The molecule has 6 heteroatoms. The second-order valence-corrected chi connectivity index (χ2v) is 5.82. The van der Waals surface area contributed by atoms with Crippen LogP contribution in [0.2, 0.25) is 0 Å². The number of rotatable bonds is 2. The lowest BCUT2D eigenvalue weighted by Gasteiger charge is -2.24. The predicted molar refractivity (Wildman–Crippen MR) is 72.9 cm³/mol. The summed E-state index contributed by atoms with van der Waals surface area (Å²) in [4.78, 5) is 4.84. The summed E-state index contributed by atoms with van der Waals surface area (Å²) in [5, 5.41) is 5.34. The van der Waals surface area contributed by atoms with Crippen molar-refractivity contribution in [2.24, 2.45) is 0 Å². The van der Waals surface area contributed by atoms with Gasteiger partial charge in [-0.2, -0.15) is 13.2 Å². The molecular formula is C14H13F3N2S. The van der Waals surface area contributed by atoms with E-state index in [2.05, 4.69) is 21.7 Å². The zero-order valence-corrected chi connectivity index (χ0v) is 11.4. The zero-order chi connectivity index (χ0) is 14.2. The molecule has 0 saturated heterocycles. The standard InChI is InChI=1S/C14H13F3N2S/c15-14(16,17)13-5-4-9(8-18-13)19-11-2-1-3-12-10(11)6-7-20-12/h4-8,11,19H,1-3H2. The van der Waals surface area contributed by atoms with Gasteiger partial charge in [-0.25, -0.2) is 4.98 Å². The first-order valence-electron chi connectivity index (χ1n) is 6.40. The van der Waals surface area contributed by atoms with E-state index in [0.717, 1.165) is 25.3 Å². The van der Waals surface area contributed by atoms with Crippen LogP contribution in [0.5, 0.6) is 0 Å². The first kappa shape index (κ1) is 13.4. The summed E-state index contributed by atoms with van der Waals surface area (Å²) in [7, 11) is 0. The molecule has 2 heterocycles. The predicted octanol–water partition coefficient (Wildman–Crippen LogP) is 4.65. The zero-order valence-electron chi connectivity index (χ0n) is 10.6. The van der Waals surface area contributed by atoms with Crippen molar-refractivity contribution in [2.45, 2.75) is 31.5 Å². The Morgan fingerprint density at radius 2 is 2.10 bits per heavy atom. The molecule has 106 valence electrons. The highest BCUT2D eigenvalue weighted by Gasteiger charge is 2.32. The molecule has 1 aliphatic rings. The summed E-state index contributed by atoms with van der Waals surface area (Å²) < 4.78 is 37.4. The lowest BCUT2D eigenvalue weighted by atomic mass is 9.94. The van der Waals surface area contributed by atoms with E-state index in [0.29, 0.717) is 5.69 Å². The van der Waals surface area contributed by atoms with E-state index in [-0.39, 0.29) is 6.04 Å². The van der Waals surface area contributed by atoms with Crippen molar-refractivity contribution >= 4 is 17.0 Å². The van der Waals surface area contributed by atoms with Gasteiger partial charge in [-0.1, -0.05) is 0 Å². The van der Waals surface area contributed by atoms with Crippen LogP contribution in [0.25, 0.3) is 0 Å². The third-order valence-corrected chi connectivity index (χ3v) is 4.44. The number of fused-ring (bicyclic) bond motifs is 1. The van der Waals surface area contributed by atoms with Gasteiger partial charge >= 0.3 is 6.18 Å². The minimum absolute atomic E-state index is 0.170. The molecule has 0 bridgehead atoms. The number of anilines is 1. The molecule has 1 atom stereocenters. The van der Waals surface area contributed by atoms with Crippen molar-refractivity contribution in [2.75, 3.05) is 5.32 Å². The molecule has 0 fully saturated rings. The van der Waals surface area contributed by atoms with Crippen LogP contribution in [0.15, 0.2) is 29.8 Å². The summed E-state index contributed by atoms with van der Waals surface area (Å²) in [6.07, 6.45) is 0.0494. The minimum atomic E-state index is -4.39. The molecular weight excluding hydrogens is 285 g/mol. The molecule has 0 spiro atoms. The van der Waals surface area contributed by atoms with Gasteiger partial charge in [-0.3, -0.25) is 0 Å². The van der Waals surface area contributed by atoms with Crippen LogP contribution < -0.4 is 5.32 Å². The summed E-state index contributed by atoms with van der Waals surface area (Å²) >= 11 is 1.74. The monoisotopic (exact) mass is 298 g/mol. The highest BCUT2D eigenvalue weighted by molar-refractivity contribution is 7.10. The van der Waals surface area contributed by atoms with Crippen molar-refractivity contribution in [1.82, 2.24) is 4.98 Å². The second-order valence-electron chi connectivity index (χ2n) is 4.82. The molecule has 0 amide bonds. The fourth-order valence-corrected chi connectivity index (χ4v) is 3.47. The van der Waals surface area contributed by atoms with Crippen molar-refractivity contribution in [3.63, 3.8) is 0 Å². The first-order valence-corrected chi connectivity index (χ1v) is 7.28. The number of aryl methyl sites for hydroxylation is 1. The number of nitrogens with one attached hydrogen (secondary N) is 1. The Hall–Kier alpha value is -1.56. The van der Waals surface area contributed by atoms with E-state index in [1.165, 1.54) is 22.7 Å². The molecule has 20 heavy (non-hydrogen) atoms. The molecule has 2 aromatic heterocycles. The number of halogens is 3. The van der Waals surface area contributed by atoms with Crippen molar-refractivity contribution in [3.8, 4) is 0 Å². The van der Waals surface area contributed by atoms with E-state index in [4.69, 9.17) is 0 Å². The molecule has 2 nitrogen and oxygen atoms in total. The van der Waals surface area contributed by atoms with Crippen LogP contribution in [-0.2, 0) is 12.6 Å². The van der Waals surface area contributed by atoms with E-state index in [9.17, 15) is 13.2 Å².